The zero-order chi connectivity index (χ0) is 19.4. The van der Waals surface area contributed by atoms with Crippen LogP contribution < -0.4 is 0 Å². The first-order valence-electron chi connectivity index (χ1n) is 10.4. The molecule has 1 atom stereocenters. The molecule has 0 spiro atoms. The highest BCUT2D eigenvalue weighted by Crippen LogP contribution is 2.48. The van der Waals surface area contributed by atoms with Crippen molar-refractivity contribution in [3.8, 4) is 5.75 Å². The number of phenolic OH excluding ortho intramolecular Hbond substituents is 1. The van der Waals surface area contributed by atoms with Crippen LogP contribution in [0.1, 0.15) is 35.4 Å². The molecule has 1 heteroatoms. The van der Waals surface area contributed by atoms with Crippen molar-refractivity contribution >= 4 is 32.3 Å². The van der Waals surface area contributed by atoms with Crippen molar-refractivity contribution in [3.63, 3.8) is 0 Å². The van der Waals surface area contributed by atoms with Crippen molar-refractivity contribution in [2.45, 2.75) is 25.2 Å². The number of aromatic hydroxyl groups is 1. The van der Waals surface area contributed by atoms with Crippen LogP contribution in [-0.2, 0) is 6.42 Å². The summed E-state index contributed by atoms with van der Waals surface area (Å²) < 4.78 is 0. The quantitative estimate of drug-likeness (QED) is 0.282. The maximum atomic E-state index is 9.37. The second-order valence-electron chi connectivity index (χ2n) is 8.18. The van der Waals surface area contributed by atoms with Gasteiger partial charge in [-0.25, -0.2) is 0 Å². The molecule has 0 radical (unpaired) electrons. The fourth-order valence-corrected chi connectivity index (χ4v) is 5.35. The molecule has 0 heterocycles. The second-order valence-corrected chi connectivity index (χ2v) is 8.18. The van der Waals surface area contributed by atoms with Crippen LogP contribution in [0.5, 0.6) is 5.75 Å². The minimum atomic E-state index is 0.350. The summed E-state index contributed by atoms with van der Waals surface area (Å²) in [5, 5.41) is 17.3. The summed E-state index contributed by atoms with van der Waals surface area (Å²) in [6.45, 7) is 0. The highest BCUT2D eigenvalue weighted by atomic mass is 16.3. The van der Waals surface area contributed by atoms with Crippen molar-refractivity contribution in [2.75, 3.05) is 0 Å². The van der Waals surface area contributed by atoms with Crippen LogP contribution in [0.3, 0.4) is 0 Å². The number of aryl methyl sites for hydroxylation is 1. The Kier molecular flexibility index (Phi) is 3.64. The van der Waals surface area contributed by atoms with Crippen molar-refractivity contribution in [2.24, 2.45) is 0 Å². The lowest BCUT2D eigenvalue weighted by Gasteiger charge is -2.33. The lowest BCUT2D eigenvalue weighted by molar-refractivity contribution is 0.481. The van der Waals surface area contributed by atoms with Crippen LogP contribution in [0.4, 0.5) is 0 Å². The third-order valence-electron chi connectivity index (χ3n) is 6.66. The number of phenols is 1. The van der Waals surface area contributed by atoms with E-state index in [4.69, 9.17) is 0 Å². The third-order valence-corrected chi connectivity index (χ3v) is 6.66. The van der Waals surface area contributed by atoms with Gasteiger partial charge in [0.25, 0.3) is 0 Å². The van der Waals surface area contributed by atoms with Gasteiger partial charge in [-0.15, -0.1) is 0 Å². The SMILES string of the molecule is Oc1cccc2ccccc12.c1ccc2c(c1)c1cc3c4c(ccc32)C1CCC4. The van der Waals surface area contributed by atoms with Gasteiger partial charge in [-0.2, -0.15) is 0 Å². The first-order valence-corrected chi connectivity index (χ1v) is 10.4. The maximum Gasteiger partial charge on any atom is 0.123 e. The summed E-state index contributed by atoms with van der Waals surface area (Å²) in [7, 11) is 0. The van der Waals surface area contributed by atoms with Gasteiger partial charge in [0.15, 0.2) is 0 Å². The van der Waals surface area contributed by atoms with Gasteiger partial charge in [-0.05, 0) is 75.0 Å². The van der Waals surface area contributed by atoms with Gasteiger partial charge in [0.05, 0.1) is 0 Å². The molecule has 2 aliphatic carbocycles. The van der Waals surface area contributed by atoms with Gasteiger partial charge in [0.2, 0.25) is 0 Å². The van der Waals surface area contributed by atoms with Crippen molar-refractivity contribution in [1.29, 1.82) is 0 Å². The molecular formula is C28H22O. The van der Waals surface area contributed by atoms with Crippen LogP contribution in [0.2, 0.25) is 0 Å². The zero-order valence-electron chi connectivity index (χ0n) is 16.2. The van der Waals surface area contributed by atoms with E-state index in [-0.39, 0.29) is 0 Å². The van der Waals surface area contributed by atoms with E-state index in [0.29, 0.717) is 11.7 Å². The van der Waals surface area contributed by atoms with E-state index in [1.54, 1.807) is 22.8 Å². The molecule has 29 heavy (non-hydrogen) atoms. The molecule has 0 amide bonds. The molecule has 0 saturated heterocycles. The van der Waals surface area contributed by atoms with E-state index in [9.17, 15) is 5.11 Å². The van der Waals surface area contributed by atoms with E-state index in [1.807, 2.05) is 36.4 Å². The van der Waals surface area contributed by atoms with Gasteiger partial charge in [-0.1, -0.05) is 72.8 Å². The maximum absolute atomic E-state index is 9.37. The molecular weight excluding hydrogens is 352 g/mol. The highest BCUT2D eigenvalue weighted by molar-refractivity contribution is 6.11. The van der Waals surface area contributed by atoms with Gasteiger partial charge < -0.3 is 5.11 Å². The van der Waals surface area contributed by atoms with E-state index < -0.39 is 0 Å². The minimum Gasteiger partial charge on any atom is -0.507 e. The van der Waals surface area contributed by atoms with E-state index >= 15 is 0 Å². The third kappa shape index (κ3) is 2.47. The Bertz CT molecular complexity index is 1390. The molecule has 0 saturated carbocycles. The van der Waals surface area contributed by atoms with Crippen molar-refractivity contribution in [1.82, 2.24) is 0 Å². The Balaban J connectivity index is 0.000000130. The number of rotatable bonds is 0. The molecule has 5 bridgehead atoms. The van der Waals surface area contributed by atoms with Gasteiger partial charge in [0.1, 0.15) is 5.75 Å². The highest BCUT2D eigenvalue weighted by Gasteiger charge is 2.29. The second kappa shape index (κ2) is 6.35. The van der Waals surface area contributed by atoms with Crippen molar-refractivity contribution < 1.29 is 5.11 Å². The summed E-state index contributed by atoms with van der Waals surface area (Å²) in [4.78, 5) is 0. The summed E-state index contributed by atoms with van der Waals surface area (Å²) in [5.41, 5.74) is 4.83. The fraction of sp³-hybridized carbons (Fsp3) is 0.143. The van der Waals surface area contributed by atoms with Gasteiger partial charge in [0, 0.05) is 11.3 Å². The topological polar surface area (TPSA) is 20.2 Å². The summed E-state index contributed by atoms with van der Waals surface area (Å²) in [5.74, 6) is 1.01. The smallest absolute Gasteiger partial charge is 0.123 e. The number of hydrogen-bond donors (Lipinski definition) is 1. The minimum absolute atomic E-state index is 0.350. The lowest BCUT2D eigenvalue weighted by atomic mass is 9.71. The number of benzene rings is 5. The molecule has 1 N–H and O–H groups in total. The zero-order valence-corrected chi connectivity index (χ0v) is 16.2. The Labute approximate surface area is 170 Å². The monoisotopic (exact) mass is 374 g/mol. The Morgan fingerprint density at radius 1 is 0.621 bits per heavy atom. The van der Waals surface area contributed by atoms with Crippen LogP contribution >= 0.6 is 0 Å². The lowest BCUT2D eigenvalue weighted by Crippen LogP contribution is -2.15. The number of hydrogen-bond acceptors (Lipinski definition) is 1. The molecule has 7 rings (SSSR count). The summed E-state index contributed by atoms with van der Waals surface area (Å²) in [6.07, 6.45) is 3.96. The largest absolute Gasteiger partial charge is 0.507 e. The Hall–Kier alpha value is -3.32. The fourth-order valence-electron chi connectivity index (χ4n) is 5.35. The molecule has 140 valence electrons. The molecule has 0 aliphatic heterocycles. The van der Waals surface area contributed by atoms with Crippen LogP contribution in [-0.4, -0.2) is 5.11 Å². The summed E-state index contributed by atoms with van der Waals surface area (Å²) >= 11 is 0. The van der Waals surface area contributed by atoms with Gasteiger partial charge in [-0.3, -0.25) is 0 Å². The molecule has 5 aromatic carbocycles. The average Bonchev–Trinajstić information content (AvgIpc) is 2.76. The molecule has 2 aliphatic rings. The first-order chi connectivity index (χ1) is 14.3. The predicted octanol–water partition coefficient (Wildman–Crippen LogP) is 7.32. The molecule has 0 aromatic heterocycles. The van der Waals surface area contributed by atoms with Crippen molar-refractivity contribution in [3.05, 3.63) is 102 Å². The summed E-state index contributed by atoms with van der Waals surface area (Å²) in [6, 6.07) is 29.4. The predicted molar refractivity (Wildman–Crippen MR) is 122 cm³/mol. The molecule has 1 unspecified atom stereocenters. The van der Waals surface area contributed by atoms with E-state index in [1.165, 1.54) is 40.8 Å². The molecule has 1 nitrogen and oxygen atoms in total. The Morgan fingerprint density at radius 3 is 2.21 bits per heavy atom. The van der Waals surface area contributed by atoms with Crippen LogP contribution in [0.25, 0.3) is 32.3 Å². The van der Waals surface area contributed by atoms with Crippen LogP contribution in [0.15, 0.2) is 84.9 Å². The first kappa shape index (κ1) is 16.6. The van der Waals surface area contributed by atoms with Gasteiger partial charge >= 0.3 is 0 Å². The van der Waals surface area contributed by atoms with Crippen LogP contribution in [0, 0.1) is 0 Å². The molecule has 5 aromatic rings. The van der Waals surface area contributed by atoms with E-state index in [2.05, 4.69) is 42.5 Å². The van der Waals surface area contributed by atoms with E-state index in [0.717, 1.165) is 10.8 Å². The average molecular weight is 374 g/mol. The standard InChI is InChI=1S/C18H14.C10H8O/c1-2-5-12-11(4-1)16-9-8-15-13-6-3-7-14(15)18(16)10-17(12)13;11-10-7-3-5-8-4-1-2-6-9(8)10/h1-2,4-5,8-10,13H,3,6-7H2;1-7,11H. The normalized spacial score (nSPS) is 16.3. The number of fused-ring (bicyclic) bond motifs is 6. The Morgan fingerprint density at radius 2 is 1.34 bits per heavy atom. The molecule has 0 fully saturated rings.